The average Bonchev–Trinajstić information content (AvgIpc) is 3.70. The van der Waals surface area contributed by atoms with Gasteiger partial charge in [0.15, 0.2) is 0 Å². The normalized spacial score (nSPS) is 16.3. The van der Waals surface area contributed by atoms with Crippen LogP contribution in [0.1, 0.15) is 0 Å². The summed E-state index contributed by atoms with van der Waals surface area (Å²) in [5.74, 6) is 2.58. The van der Waals surface area contributed by atoms with Crippen LogP contribution in [0.5, 0.6) is 0 Å². The molecule has 2 aliphatic carbocycles. The van der Waals surface area contributed by atoms with Gasteiger partial charge in [-0.25, -0.2) is 0 Å². The number of rotatable bonds is 10. The first kappa shape index (κ1) is 34.1. The van der Waals surface area contributed by atoms with E-state index in [1.165, 1.54) is 44.4 Å². The van der Waals surface area contributed by atoms with Crippen molar-refractivity contribution >= 4 is 37.1 Å². The maximum Gasteiger partial charge on any atom is 2.00 e. The SMILES string of the molecule is COC[C]1[CH][CH][CH][C]1P(c1ccccc1)c1ccccc1.COC[C]1[CH][CH][CH][C]1P(c1ccccc1)c1ccccc1.[Fe+2]. The van der Waals surface area contributed by atoms with Crippen molar-refractivity contribution in [2.24, 2.45) is 0 Å². The van der Waals surface area contributed by atoms with E-state index in [0.717, 1.165) is 0 Å². The van der Waals surface area contributed by atoms with Crippen LogP contribution < -0.4 is 21.2 Å². The van der Waals surface area contributed by atoms with Crippen molar-refractivity contribution in [3.05, 3.63) is 183 Å². The Morgan fingerprint density at radius 2 is 0.698 bits per heavy atom. The van der Waals surface area contributed by atoms with E-state index in [9.17, 15) is 0 Å². The quantitative estimate of drug-likeness (QED) is 0.137. The smallest absolute Gasteiger partial charge is 0.384 e. The van der Waals surface area contributed by atoms with Crippen molar-refractivity contribution in [2.75, 3.05) is 27.4 Å². The minimum absolute atomic E-state index is 0. The second-order valence-corrected chi connectivity index (χ2v) is 14.1. The zero-order valence-corrected chi connectivity index (χ0v) is 27.4. The van der Waals surface area contributed by atoms with Gasteiger partial charge in [0.1, 0.15) is 0 Å². The summed E-state index contributed by atoms with van der Waals surface area (Å²) in [7, 11) is 2.47. The fraction of sp³-hybridized carbons (Fsp3) is 0.105. The van der Waals surface area contributed by atoms with Gasteiger partial charge >= 0.3 is 17.1 Å². The summed E-state index contributed by atoms with van der Waals surface area (Å²) in [6, 6.07) is 43.0. The number of hydrogen-bond donors (Lipinski definition) is 0. The maximum absolute atomic E-state index is 5.36. The maximum atomic E-state index is 5.36. The van der Waals surface area contributed by atoms with Gasteiger partial charge in [-0.15, -0.1) is 0 Å². The standard InChI is InChI=1S/2C19H18OP.Fe/c2*1-20-15-16-9-8-14-19(16)21(17-10-4-2-5-11-17)18-12-6-3-7-13-18;/h2*2-14H,15H2,1H3;/q;;+2. The van der Waals surface area contributed by atoms with Crippen LogP contribution in [0.15, 0.2) is 121 Å². The molecule has 6 rings (SSSR count). The van der Waals surface area contributed by atoms with E-state index in [4.69, 9.17) is 9.47 Å². The van der Waals surface area contributed by atoms with Crippen LogP contribution in [0.4, 0.5) is 0 Å². The number of hydrogen-bond acceptors (Lipinski definition) is 2. The minimum atomic E-state index is -0.521. The predicted molar refractivity (Wildman–Crippen MR) is 181 cm³/mol. The molecule has 0 amide bonds. The molecule has 0 bridgehead atoms. The first-order valence-corrected chi connectivity index (χ1v) is 16.8. The Morgan fingerprint density at radius 1 is 0.419 bits per heavy atom. The molecule has 2 nitrogen and oxygen atoms in total. The van der Waals surface area contributed by atoms with Gasteiger partial charge in [0, 0.05) is 37.4 Å². The molecule has 0 N–H and O–H groups in total. The Kier molecular flexibility index (Phi) is 14.4. The molecule has 5 heteroatoms. The van der Waals surface area contributed by atoms with E-state index < -0.39 is 15.8 Å². The van der Waals surface area contributed by atoms with Crippen LogP contribution in [0.3, 0.4) is 0 Å². The van der Waals surface area contributed by atoms with Gasteiger partial charge in [-0.05, 0) is 75.6 Å². The van der Waals surface area contributed by atoms with Gasteiger partial charge in [-0.3, -0.25) is 0 Å². The van der Waals surface area contributed by atoms with Crippen molar-refractivity contribution in [2.45, 2.75) is 0 Å². The van der Waals surface area contributed by atoms with Crippen molar-refractivity contribution in [3.8, 4) is 0 Å². The van der Waals surface area contributed by atoms with Crippen LogP contribution in [-0.4, -0.2) is 27.4 Å². The summed E-state index contributed by atoms with van der Waals surface area (Å²) < 4.78 is 10.7. The molecule has 216 valence electrons. The molecule has 0 saturated heterocycles. The van der Waals surface area contributed by atoms with Gasteiger partial charge in [0.05, 0.1) is 13.2 Å². The number of methoxy groups -OCH3 is 2. The summed E-state index contributed by atoms with van der Waals surface area (Å²) in [5, 5.41) is 5.51. The van der Waals surface area contributed by atoms with Crippen molar-refractivity contribution in [1.82, 2.24) is 0 Å². The van der Waals surface area contributed by atoms with E-state index in [1.807, 2.05) is 0 Å². The molecule has 2 saturated carbocycles. The van der Waals surface area contributed by atoms with E-state index in [1.54, 1.807) is 14.2 Å². The Hall–Kier alpha value is -1.82. The fourth-order valence-corrected chi connectivity index (χ4v) is 9.96. The van der Waals surface area contributed by atoms with E-state index in [0.29, 0.717) is 13.2 Å². The van der Waals surface area contributed by atoms with Gasteiger partial charge in [-0.1, -0.05) is 121 Å². The molecule has 0 unspecified atom stereocenters. The summed E-state index contributed by atoms with van der Waals surface area (Å²) in [6.45, 7) is 1.33. The zero-order valence-electron chi connectivity index (χ0n) is 24.5. The Labute approximate surface area is 273 Å². The summed E-state index contributed by atoms with van der Waals surface area (Å²) in [4.78, 5) is 0. The molecule has 4 aromatic carbocycles. The van der Waals surface area contributed by atoms with Crippen LogP contribution in [0, 0.1) is 61.7 Å². The molecular weight excluding hydrogens is 606 g/mol. The third-order valence-electron chi connectivity index (χ3n) is 6.90. The molecular formula is C38H36FeO2P2+2. The van der Waals surface area contributed by atoms with E-state index >= 15 is 0 Å². The Balaban J connectivity index is 0.000000192. The first-order chi connectivity index (χ1) is 20.8. The van der Waals surface area contributed by atoms with Gasteiger partial charge in [-0.2, -0.15) is 0 Å². The second kappa shape index (κ2) is 18.2. The minimum Gasteiger partial charge on any atom is -0.384 e. The monoisotopic (exact) mass is 642 g/mol. The molecule has 0 heterocycles. The number of benzene rings is 4. The molecule has 0 spiro atoms. The van der Waals surface area contributed by atoms with Crippen LogP contribution in [-0.2, 0) is 26.5 Å². The molecule has 4 aromatic rings. The number of ether oxygens (including phenoxy) is 2. The summed E-state index contributed by atoms with van der Waals surface area (Å²) >= 11 is 0. The van der Waals surface area contributed by atoms with Gasteiger partial charge in [0.25, 0.3) is 0 Å². The third-order valence-corrected chi connectivity index (χ3v) is 12.0. The largest absolute Gasteiger partial charge is 2.00 e. The van der Waals surface area contributed by atoms with Crippen molar-refractivity contribution < 1.29 is 26.5 Å². The topological polar surface area (TPSA) is 18.5 Å². The third kappa shape index (κ3) is 9.11. The van der Waals surface area contributed by atoms with Gasteiger partial charge < -0.3 is 9.47 Å². The molecule has 0 aromatic heterocycles. The van der Waals surface area contributed by atoms with Crippen molar-refractivity contribution in [1.29, 1.82) is 0 Å². The van der Waals surface area contributed by atoms with Crippen LogP contribution in [0.2, 0.25) is 0 Å². The summed E-state index contributed by atoms with van der Waals surface area (Å²) in [5.41, 5.74) is 2.79. The first-order valence-electron chi connectivity index (χ1n) is 14.1. The van der Waals surface area contributed by atoms with Crippen molar-refractivity contribution in [3.63, 3.8) is 0 Å². The zero-order chi connectivity index (χ0) is 29.0. The average molecular weight is 642 g/mol. The Morgan fingerprint density at radius 3 is 0.953 bits per heavy atom. The fourth-order valence-electron chi connectivity index (χ4n) is 5.05. The molecule has 0 aliphatic heterocycles. The molecule has 43 heavy (non-hydrogen) atoms. The van der Waals surface area contributed by atoms with Crippen LogP contribution >= 0.6 is 15.8 Å². The summed E-state index contributed by atoms with van der Waals surface area (Å²) in [6.07, 6.45) is 13.1. The van der Waals surface area contributed by atoms with E-state index in [-0.39, 0.29) is 17.1 Å². The predicted octanol–water partition coefficient (Wildman–Crippen LogP) is 6.99. The van der Waals surface area contributed by atoms with E-state index in [2.05, 4.69) is 160 Å². The van der Waals surface area contributed by atoms with Crippen LogP contribution in [0.25, 0.3) is 0 Å². The van der Waals surface area contributed by atoms with Gasteiger partial charge in [0.2, 0.25) is 0 Å². The Bertz CT molecular complexity index is 1110. The molecule has 0 atom stereocenters. The molecule has 2 aliphatic rings. The molecule has 10 radical (unpaired) electrons. The molecule has 2 fully saturated rings. The second-order valence-electron chi connectivity index (χ2n) is 9.75.